The van der Waals surface area contributed by atoms with E-state index in [2.05, 4.69) is 0 Å². The van der Waals surface area contributed by atoms with Gasteiger partial charge < -0.3 is 0 Å². The minimum absolute atomic E-state index is 0.319. The topological polar surface area (TPSA) is 37.4 Å². The molecule has 0 saturated heterocycles. The van der Waals surface area contributed by atoms with Crippen molar-refractivity contribution in [2.45, 2.75) is 38.5 Å². The predicted octanol–water partition coefficient (Wildman–Crippen LogP) is 4.95. The van der Waals surface area contributed by atoms with Crippen LogP contribution in [0.15, 0.2) is 47.4 Å². The van der Waals surface area contributed by atoms with Crippen molar-refractivity contribution in [1.82, 2.24) is 0 Å². The van der Waals surface area contributed by atoms with E-state index in [9.17, 15) is 8.42 Å². The molecular formula is C18H22ClNO2S. The van der Waals surface area contributed by atoms with E-state index in [1.165, 1.54) is 4.31 Å². The van der Waals surface area contributed by atoms with E-state index >= 15 is 0 Å². The maximum absolute atomic E-state index is 13.2. The van der Waals surface area contributed by atoms with Crippen molar-refractivity contribution in [2.24, 2.45) is 0 Å². The molecule has 0 fully saturated rings. The molecule has 2 aromatic carbocycles. The Morgan fingerprint density at radius 3 is 2.30 bits per heavy atom. The first kappa shape index (κ1) is 17.8. The second kappa shape index (κ2) is 7.37. The summed E-state index contributed by atoms with van der Waals surface area (Å²) in [6, 6.07) is 12.6. The van der Waals surface area contributed by atoms with Crippen LogP contribution in [0.2, 0.25) is 5.02 Å². The van der Waals surface area contributed by atoms with E-state index in [1.54, 1.807) is 19.1 Å². The van der Waals surface area contributed by atoms with Crippen molar-refractivity contribution in [3.05, 3.63) is 58.6 Å². The van der Waals surface area contributed by atoms with Crippen molar-refractivity contribution in [3.63, 3.8) is 0 Å². The number of benzene rings is 2. The van der Waals surface area contributed by atoms with Crippen molar-refractivity contribution >= 4 is 27.3 Å². The highest BCUT2D eigenvalue weighted by atomic mass is 35.5. The molecule has 124 valence electrons. The second-order valence-corrected chi connectivity index (χ2v) is 7.87. The van der Waals surface area contributed by atoms with Gasteiger partial charge in [-0.3, -0.25) is 4.31 Å². The molecule has 5 heteroatoms. The summed E-state index contributed by atoms with van der Waals surface area (Å²) < 4.78 is 27.9. The SMILES string of the molecule is CCCCN(c1ccccc1)S(=O)(=O)c1cc(C)c(Cl)cc1C. The predicted molar refractivity (Wildman–Crippen MR) is 96.8 cm³/mol. The molecule has 2 aromatic rings. The quantitative estimate of drug-likeness (QED) is 0.738. The van der Waals surface area contributed by atoms with Gasteiger partial charge in [-0.2, -0.15) is 0 Å². The summed E-state index contributed by atoms with van der Waals surface area (Å²) in [6.07, 6.45) is 1.73. The lowest BCUT2D eigenvalue weighted by Gasteiger charge is -2.25. The normalized spacial score (nSPS) is 11.5. The molecule has 0 bridgehead atoms. The van der Waals surface area contributed by atoms with Gasteiger partial charge in [-0.1, -0.05) is 43.1 Å². The summed E-state index contributed by atoms with van der Waals surface area (Å²) in [5.41, 5.74) is 2.12. The van der Waals surface area contributed by atoms with Crippen LogP contribution in [0.25, 0.3) is 0 Å². The number of nitrogens with zero attached hydrogens (tertiary/aromatic N) is 1. The molecule has 2 rings (SSSR count). The zero-order valence-electron chi connectivity index (χ0n) is 13.7. The van der Waals surface area contributed by atoms with Gasteiger partial charge in [0.25, 0.3) is 10.0 Å². The fourth-order valence-corrected chi connectivity index (χ4v) is 4.45. The van der Waals surface area contributed by atoms with Crippen LogP contribution in [0.3, 0.4) is 0 Å². The molecule has 3 nitrogen and oxygen atoms in total. The number of unbranched alkanes of at least 4 members (excludes halogenated alkanes) is 1. The summed E-state index contributed by atoms with van der Waals surface area (Å²) in [5.74, 6) is 0. The number of hydrogen-bond donors (Lipinski definition) is 0. The number of hydrogen-bond acceptors (Lipinski definition) is 2. The number of anilines is 1. The highest BCUT2D eigenvalue weighted by Crippen LogP contribution is 2.29. The first-order valence-electron chi connectivity index (χ1n) is 7.72. The fraction of sp³-hybridized carbons (Fsp3) is 0.333. The van der Waals surface area contributed by atoms with Gasteiger partial charge in [0.2, 0.25) is 0 Å². The third kappa shape index (κ3) is 3.88. The van der Waals surface area contributed by atoms with Gasteiger partial charge >= 0.3 is 0 Å². The van der Waals surface area contributed by atoms with Gasteiger partial charge in [0.05, 0.1) is 10.6 Å². The number of para-hydroxylation sites is 1. The summed E-state index contributed by atoms with van der Waals surface area (Å²) in [5, 5.41) is 0.585. The van der Waals surface area contributed by atoms with Crippen molar-refractivity contribution < 1.29 is 8.42 Å². The molecule has 23 heavy (non-hydrogen) atoms. The van der Waals surface area contributed by atoms with Crippen molar-refractivity contribution in [2.75, 3.05) is 10.8 Å². The highest BCUT2D eigenvalue weighted by Gasteiger charge is 2.26. The Bertz CT molecular complexity index is 773. The fourth-order valence-electron chi connectivity index (χ4n) is 2.44. The number of sulfonamides is 1. The van der Waals surface area contributed by atoms with E-state index in [0.717, 1.165) is 18.4 Å². The standard InChI is InChI=1S/C18H22ClNO2S/c1-4-5-11-20(16-9-7-6-8-10-16)23(21,22)18-13-14(2)17(19)12-15(18)3/h6-10,12-13H,4-5,11H2,1-3H3. The Morgan fingerprint density at radius 2 is 1.70 bits per heavy atom. The highest BCUT2D eigenvalue weighted by molar-refractivity contribution is 7.92. The molecule has 0 heterocycles. The molecule has 0 saturated carbocycles. The van der Waals surface area contributed by atoms with Crippen LogP contribution in [0.4, 0.5) is 5.69 Å². The lowest BCUT2D eigenvalue weighted by molar-refractivity contribution is 0.588. The third-order valence-corrected chi connectivity index (χ3v) is 6.16. The van der Waals surface area contributed by atoms with Crippen LogP contribution in [-0.4, -0.2) is 15.0 Å². The van der Waals surface area contributed by atoms with Crippen LogP contribution < -0.4 is 4.31 Å². The summed E-state index contributed by atoms with van der Waals surface area (Å²) in [4.78, 5) is 0.319. The van der Waals surface area contributed by atoms with Gasteiger partial charge in [0, 0.05) is 11.6 Å². The van der Waals surface area contributed by atoms with Crippen LogP contribution >= 0.6 is 11.6 Å². The van der Waals surface area contributed by atoms with Crippen molar-refractivity contribution in [1.29, 1.82) is 0 Å². The zero-order valence-corrected chi connectivity index (χ0v) is 15.3. The Morgan fingerprint density at radius 1 is 1.04 bits per heavy atom. The zero-order chi connectivity index (χ0) is 17.0. The maximum atomic E-state index is 13.2. The van der Waals surface area contributed by atoms with Crippen LogP contribution in [0.5, 0.6) is 0 Å². The molecule has 0 aliphatic heterocycles. The average molecular weight is 352 g/mol. The molecule has 0 N–H and O–H groups in total. The molecule has 0 aliphatic carbocycles. The molecule has 0 amide bonds. The van der Waals surface area contributed by atoms with E-state index in [4.69, 9.17) is 11.6 Å². The van der Waals surface area contributed by atoms with Gasteiger partial charge in [0.1, 0.15) is 0 Å². The Hall–Kier alpha value is -1.52. The summed E-state index contributed by atoms with van der Waals surface area (Å²) >= 11 is 6.11. The van der Waals surface area contributed by atoms with Gasteiger partial charge in [0.15, 0.2) is 0 Å². The first-order valence-corrected chi connectivity index (χ1v) is 9.54. The van der Waals surface area contributed by atoms with Gasteiger partial charge in [-0.05, 0) is 55.7 Å². The largest absolute Gasteiger partial charge is 0.266 e. The Labute approximate surface area is 144 Å². The lowest BCUT2D eigenvalue weighted by Crippen LogP contribution is -2.32. The van der Waals surface area contributed by atoms with Crippen molar-refractivity contribution in [3.8, 4) is 0 Å². The molecule has 0 aliphatic rings. The smallest absolute Gasteiger partial charge is 0.264 e. The Kier molecular flexibility index (Phi) is 5.71. The molecule has 0 radical (unpaired) electrons. The summed E-state index contributed by atoms with van der Waals surface area (Å²) in [6.45, 7) is 6.11. The first-order chi connectivity index (χ1) is 10.9. The van der Waals surface area contributed by atoms with Crippen LogP contribution in [0, 0.1) is 13.8 Å². The molecule has 0 aromatic heterocycles. The molecule has 0 atom stereocenters. The number of halogens is 1. The minimum atomic E-state index is -3.62. The maximum Gasteiger partial charge on any atom is 0.264 e. The van der Waals surface area contributed by atoms with Gasteiger partial charge in [-0.15, -0.1) is 0 Å². The van der Waals surface area contributed by atoms with Crippen LogP contribution in [0.1, 0.15) is 30.9 Å². The molecular weight excluding hydrogens is 330 g/mol. The monoisotopic (exact) mass is 351 g/mol. The van der Waals surface area contributed by atoms with E-state index in [0.29, 0.717) is 27.7 Å². The molecule has 0 unspecified atom stereocenters. The van der Waals surface area contributed by atoms with E-state index < -0.39 is 10.0 Å². The number of rotatable bonds is 6. The number of aryl methyl sites for hydroxylation is 2. The van der Waals surface area contributed by atoms with Gasteiger partial charge in [-0.25, -0.2) is 8.42 Å². The average Bonchev–Trinajstić information content (AvgIpc) is 2.52. The second-order valence-electron chi connectivity index (χ2n) is 5.63. The van der Waals surface area contributed by atoms with Crippen LogP contribution in [-0.2, 0) is 10.0 Å². The molecule has 0 spiro atoms. The summed E-state index contributed by atoms with van der Waals surface area (Å²) in [7, 11) is -3.62. The van der Waals surface area contributed by atoms with E-state index in [-0.39, 0.29) is 0 Å². The lowest BCUT2D eigenvalue weighted by atomic mass is 10.2. The van der Waals surface area contributed by atoms with E-state index in [1.807, 2.05) is 44.2 Å². The Balaban J connectivity index is 2.55. The minimum Gasteiger partial charge on any atom is -0.266 e. The third-order valence-electron chi connectivity index (χ3n) is 3.78.